The van der Waals surface area contributed by atoms with E-state index in [2.05, 4.69) is 38.0 Å². The van der Waals surface area contributed by atoms with Gasteiger partial charge < -0.3 is 10.1 Å². The first-order chi connectivity index (χ1) is 14.6. The molecule has 2 atom stereocenters. The highest BCUT2D eigenvalue weighted by atomic mass is 16.5. The second-order valence-corrected chi connectivity index (χ2v) is 9.20. The highest BCUT2D eigenvalue weighted by molar-refractivity contribution is 5.86. The summed E-state index contributed by atoms with van der Waals surface area (Å²) in [7, 11) is 0. The summed E-state index contributed by atoms with van der Waals surface area (Å²) in [4.78, 5) is 14.3. The van der Waals surface area contributed by atoms with E-state index in [0.717, 1.165) is 23.7 Å². The van der Waals surface area contributed by atoms with Gasteiger partial charge in [0, 0.05) is 24.0 Å². The molecular formula is C25H40N4O. The van der Waals surface area contributed by atoms with Gasteiger partial charge in [0.15, 0.2) is 0 Å². The van der Waals surface area contributed by atoms with Crippen LogP contribution in [0.5, 0.6) is 5.88 Å². The summed E-state index contributed by atoms with van der Waals surface area (Å²) in [6, 6.07) is 0.363. The lowest BCUT2D eigenvalue weighted by Gasteiger charge is -2.23. The van der Waals surface area contributed by atoms with Crippen molar-refractivity contribution < 1.29 is 4.74 Å². The molecule has 0 saturated heterocycles. The monoisotopic (exact) mass is 412 g/mol. The van der Waals surface area contributed by atoms with Crippen molar-refractivity contribution in [2.75, 3.05) is 11.9 Å². The smallest absolute Gasteiger partial charge is 0.224 e. The maximum Gasteiger partial charge on any atom is 0.224 e. The molecule has 30 heavy (non-hydrogen) atoms. The minimum absolute atomic E-state index is 0.363. The molecule has 0 amide bonds. The van der Waals surface area contributed by atoms with Crippen LogP contribution in [-0.4, -0.2) is 27.6 Å². The summed E-state index contributed by atoms with van der Waals surface area (Å²) in [5, 5.41) is 4.43. The van der Waals surface area contributed by atoms with Crippen LogP contribution in [0.4, 0.5) is 5.95 Å². The van der Waals surface area contributed by atoms with E-state index in [4.69, 9.17) is 14.7 Å². The van der Waals surface area contributed by atoms with Crippen molar-refractivity contribution in [3.8, 4) is 5.88 Å². The summed E-state index contributed by atoms with van der Waals surface area (Å²) < 4.78 is 6.17. The van der Waals surface area contributed by atoms with E-state index >= 15 is 0 Å². The van der Waals surface area contributed by atoms with Crippen LogP contribution in [0.1, 0.15) is 103 Å². The second-order valence-electron chi connectivity index (χ2n) is 9.20. The van der Waals surface area contributed by atoms with Crippen LogP contribution in [0.2, 0.25) is 0 Å². The Morgan fingerprint density at radius 3 is 2.57 bits per heavy atom. The molecule has 1 aliphatic rings. The third-order valence-electron chi connectivity index (χ3n) is 6.31. The topological polar surface area (TPSA) is 59.9 Å². The molecule has 2 heterocycles. The average molecular weight is 413 g/mol. The minimum atomic E-state index is 0.363. The summed E-state index contributed by atoms with van der Waals surface area (Å²) in [5.74, 6) is 2.47. The first-order valence-corrected chi connectivity index (χ1v) is 12.2. The lowest BCUT2D eigenvalue weighted by molar-refractivity contribution is 0.244. The van der Waals surface area contributed by atoms with Gasteiger partial charge >= 0.3 is 0 Å². The number of hydrogen-bond donors (Lipinski definition) is 1. The molecule has 0 radical (unpaired) electrons. The lowest BCUT2D eigenvalue weighted by atomic mass is 9.84. The standard InChI is InChI=1S/C25H40N4O/c1-5-7-12-18(3)17-30-24-22-16-27-25(28-19(4)11-6-2)29-23(22)21(15-26-24)20-13-9-8-10-14-20/h15-16,18-20H,5-14,17H2,1-4H3,(H,27,28,29). The molecule has 0 spiro atoms. The molecule has 2 unspecified atom stereocenters. The Hall–Kier alpha value is -1.91. The molecule has 1 saturated carbocycles. The Kier molecular flexibility index (Phi) is 8.71. The third kappa shape index (κ3) is 6.05. The van der Waals surface area contributed by atoms with Crippen LogP contribution in [0.3, 0.4) is 0 Å². The molecular weight excluding hydrogens is 372 g/mol. The Labute approximate surface area is 182 Å². The highest BCUT2D eigenvalue weighted by Crippen LogP contribution is 2.37. The van der Waals surface area contributed by atoms with Crippen molar-refractivity contribution in [3.63, 3.8) is 0 Å². The average Bonchev–Trinajstić information content (AvgIpc) is 2.76. The number of nitrogens with one attached hydrogen (secondary N) is 1. The Bertz CT molecular complexity index is 788. The van der Waals surface area contributed by atoms with Crippen molar-refractivity contribution in [1.82, 2.24) is 15.0 Å². The van der Waals surface area contributed by atoms with Gasteiger partial charge in [-0.3, -0.25) is 0 Å². The van der Waals surface area contributed by atoms with Crippen molar-refractivity contribution >= 4 is 16.9 Å². The molecule has 2 aromatic heterocycles. The van der Waals surface area contributed by atoms with Crippen molar-refractivity contribution in [2.45, 2.75) is 104 Å². The molecule has 3 rings (SSSR count). The first kappa shape index (κ1) is 22.8. The van der Waals surface area contributed by atoms with E-state index < -0.39 is 0 Å². The number of aromatic nitrogens is 3. The number of unbranched alkanes of at least 4 members (excludes halogenated alkanes) is 1. The molecule has 2 aromatic rings. The van der Waals surface area contributed by atoms with Gasteiger partial charge in [-0.1, -0.05) is 59.3 Å². The van der Waals surface area contributed by atoms with E-state index in [0.29, 0.717) is 36.3 Å². The molecule has 0 bridgehead atoms. The number of hydrogen-bond acceptors (Lipinski definition) is 5. The summed E-state index contributed by atoms with van der Waals surface area (Å²) >= 11 is 0. The molecule has 1 aliphatic carbocycles. The molecule has 1 N–H and O–H groups in total. The van der Waals surface area contributed by atoms with E-state index in [1.54, 1.807) is 0 Å². The van der Waals surface area contributed by atoms with E-state index in [9.17, 15) is 0 Å². The van der Waals surface area contributed by atoms with Gasteiger partial charge in [0.1, 0.15) is 0 Å². The quantitative estimate of drug-likeness (QED) is 0.436. The van der Waals surface area contributed by atoms with Crippen LogP contribution in [0.25, 0.3) is 10.9 Å². The second kappa shape index (κ2) is 11.5. The fourth-order valence-electron chi connectivity index (χ4n) is 4.50. The minimum Gasteiger partial charge on any atom is -0.477 e. The normalized spacial score (nSPS) is 17.1. The van der Waals surface area contributed by atoms with Crippen molar-refractivity contribution in [3.05, 3.63) is 18.0 Å². The number of pyridine rings is 1. The summed E-state index contributed by atoms with van der Waals surface area (Å²) in [6.45, 7) is 9.58. The van der Waals surface area contributed by atoms with Gasteiger partial charge in [-0.25, -0.2) is 15.0 Å². The Morgan fingerprint density at radius 2 is 1.83 bits per heavy atom. The highest BCUT2D eigenvalue weighted by Gasteiger charge is 2.22. The number of nitrogens with zero attached hydrogens (tertiary/aromatic N) is 3. The Morgan fingerprint density at radius 1 is 1.03 bits per heavy atom. The van der Waals surface area contributed by atoms with Gasteiger partial charge in [-0.2, -0.15) is 0 Å². The largest absolute Gasteiger partial charge is 0.477 e. The third-order valence-corrected chi connectivity index (χ3v) is 6.31. The predicted molar refractivity (Wildman–Crippen MR) is 125 cm³/mol. The summed E-state index contributed by atoms with van der Waals surface area (Å²) in [5.41, 5.74) is 2.29. The number of rotatable bonds is 11. The van der Waals surface area contributed by atoms with Crippen LogP contribution in [0.15, 0.2) is 12.4 Å². The van der Waals surface area contributed by atoms with Gasteiger partial charge in [0.05, 0.1) is 17.5 Å². The zero-order valence-corrected chi connectivity index (χ0v) is 19.4. The molecule has 0 aromatic carbocycles. The van der Waals surface area contributed by atoms with Gasteiger partial charge in [-0.05, 0) is 44.4 Å². The number of anilines is 1. The zero-order chi connectivity index (χ0) is 21.3. The molecule has 5 nitrogen and oxygen atoms in total. The van der Waals surface area contributed by atoms with Crippen LogP contribution < -0.4 is 10.1 Å². The summed E-state index contributed by atoms with van der Waals surface area (Å²) in [6.07, 6.45) is 16.2. The Balaban J connectivity index is 1.88. The number of ether oxygens (including phenoxy) is 1. The molecule has 5 heteroatoms. The fraction of sp³-hybridized carbons (Fsp3) is 0.720. The van der Waals surface area contributed by atoms with Crippen LogP contribution in [0, 0.1) is 5.92 Å². The first-order valence-electron chi connectivity index (χ1n) is 12.2. The van der Waals surface area contributed by atoms with Crippen molar-refractivity contribution in [2.24, 2.45) is 5.92 Å². The molecule has 166 valence electrons. The van der Waals surface area contributed by atoms with Crippen molar-refractivity contribution in [1.29, 1.82) is 0 Å². The molecule has 1 fully saturated rings. The fourth-order valence-corrected chi connectivity index (χ4v) is 4.50. The molecule has 0 aliphatic heterocycles. The number of fused-ring (bicyclic) bond motifs is 1. The maximum absolute atomic E-state index is 6.17. The zero-order valence-electron chi connectivity index (χ0n) is 19.4. The van der Waals surface area contributed by atoms with Crippen LogP contribution >= 0.6 is 0 Å². The van der Waals surface area contributed by atoms with E-state index in [-0.39, 0.29) is 0 Å². The van der Waals surface area contributed by atoms with Gasteiger partial charge in [0.25, 0.3) is 0 Å². The maximum atomic E-state index is 6.17. The SMILES string of the molecule is CCCCC(C)COc1ncc(C2CCCCC2)c2nc(NC(C)CCC)ncc12. The van der Waals surface area contributed by atoms with Crippen LogP contribution in [-0.2, 0) is 0 Å². The predicted octanol–water partition coefficient (Wildman–Crippen LogP) is 6.88. The van der Waals surface area contributed by atoms with E-state index in [1.165, 1.54) is 56.9 Å². The van der Waals surface area contributed by atoms with Gasteiger partial charge in [-0.15, -0.1) is 0 Å². The lowest BCUT2D eigenvalue weighted by Crippen LogP contribution is -2.17. The van der Waals surface area contributed by atoms with Gasteiger partial charge in [0.2, 0.25) is 11.8 Å². The van der Waals surface area contributed by atoms with E-state index in [1.807, 2.05) is 12.4 Å².